The standard InChI is InChI=1S/C56H60O6/c1-9-27-60-39-19-15-37(16-20-39)56(38-17-21-40(22-18-38)61-28-10-2)26-25-44-51-50(43-13-11-12-14-48(43)55(51)34-53(3,4)33-54(5,6)35-55)46-29-36(32-57)45(31-47(46)52(44)62-56)42-24-23-41(58-7)30-49(42)59-8/h11-26,29-31,57H,9-10,27-28,32-35H2,1-8H3. The molecule has 6 aromatic rings. The van der Waals surface area contributed by atoms with Crippen LogP contribution in [0, 0.1) is 10.8 Å². The van der Waals surface area contributed by atoms with E-state index in [0.29, 0.717) is 24.7 Å². The molecule has 1 aliphatic heterocycles. The first-order chi connectivity index (χ1) is 29.9. The summed E-state index contributed by atoms with van der Waals surface area (Å²) in [7, 11) is 3.33. The number of hydrogen-bond donors (Lipinski definition) is 1. The van der Waals surface area contributed by atoms with E-state index in [0.717, 1.165) is 93.5 Å². The van der Waals surface area contributed by atoms with E-state index in [-0.39, 0.29) is 22.9 Å². The van der Waals surface area contributed by atoms with Crippen molar-refractivity contribution < 1.29 is 28.8 Å². The molecule has 6 nitrogen and oxygen atoms in total. The number of benzene rings is 6. The summed E-state index contributed by atoms with van der Waals surface area (Å²) in [5.74, 6) is 3.84. The molecule has 6 aromatic carbocycles. The highest BCUT2D eigenvalue weighted by atomic mass is 16.5. The second-order valence-electron chi connectivity index (χ2n) is 19.2. The Morgan fingerprint density at radius 3 is 1.82 bits per heavy atom. The summed E-state index contributed by atoms with van der Waals surface area (Å²) in [6.45, 7) is 15.2. The van der Waals surface area contributed by atoms with E-state index in [1.54, 1.807) is 14.2 Å². The van der Waals surface area contributed by atoms with Crippen molar-refractivity contribution in [3.63, 3.8) is 0 Å². The molecule has 1 fully saturated rings. The van der Waals surface area contributed by atoms with E-state index in [4.69, 9.17) is 23.7 Å². The molecular formula is C56H60O6. The summed E-state index contributed by atoms with van der Waals surface area (Å²) < 4.78 is 31.6. The summed E-state index contributed by atoms with van der Waals surface area (Å²) in [6, 6.07) is 36.1. The van der Waals surface area contributed by atoms with Crippen LogP contribution in [0.2, 0.25) is 0 Å². The Bertz CT molecular complexity index is 2600. The van der Waals surface area contributed by atoms with Crippen molar-refractivity contribution in [2.45, 2.75) is 91.3 Å². The maximum atomic E-state index is 11.3. The fraction of sp³-hybridized carbons (Fsp3) is 0.357. The van der Waals surface area contributed by atoms with E-state index in [1.807, 2.05) is 18.2 Å². The first-order valence-corrected chi connectivity index (χ1v) is 22.3. The maximum absolute atomic E-state index is 11.3. The van der Waals surface area contributed by atoms with E-state index in [9.17, 15) is 5.11 Å². The predicted molar refractivity (Wildman–Crippen MR) is 251 cm³/mol. The van der Waals surface area contributed by atoms with E-state index >= 15 is 0 Å². The number of methoxy groups -OCH3 is 2. The molecule has 1 spiro atoms. The van der Waals surface area contributed by atoms with Crippen molar-refractivity contribution in [1.82, 2.24) is 0 Å². The minimum absolute atomic E-state index is 0.0789. The maximum Gasteiger partial charge on any atom is 0.178 e. The van der Waals surface area contributed by atoms with E-state index in [2.05, 4.69) is 139 Å². The van der Waals surface area contributed by atoms with Gasteiger partial charge in [-0.3, -0.25) is 0 Å². The number of hydrogen-bond acceptors (Lipinski definition) is 6. The average Bonchev–Trinajstić information content (AvgIpc) is 3.54. The van der Waals surface area contributed by atoms with Gasteiger partial charge in [-0.2, -0.15) is 0 Å². The Labute approximate surface area is 367 Å². The molecule has 0 amide bonds. The SMILES string of the molecule is CCCOc1ccc(C2(c3ccc(OCCC)cc3)C=Cc3c4c(c5cc(CO)c(-c6ccc(OC)cc6OC)cc5c3O2)-c2ccccc2C42CC(C)(C)CC(C)(C)C2)cc1. The molecule has 0 saturated heterocycles. The van der Waals surface area contributed by atoms with Crippen LogP contribution in [0.25, 0.3) is 39.1 Å². The molecule has 62 heavy (non-hydrogen) atoms. The minimum atomic E-state index is -1.00. The van der Waals surface area contributed by atoms with Crippen molar-refractivity contribution in [1.29, 1.82) is 0 Å². The van der Waals surface area contributed by atoms with Crippen LogP contribution >= 0.6 is 0 Å². The largest absolute Gasteiger partial charge is 0.497 e. The van der Waals surface area contributed by atoms with Crippen LogP contribution in [0.4, 0.5) is 0 Å². The van der Waals surface area contributed by atoms with Gasteiger partial charge in [0.25, 0.3) is 0 Å². The van der Waals surface area contributed by atoms with Crippen LogP contribution in [0.5, 0.6) is 28.7 Å². The average molecular weight is 829 g/mol. The Morgan fingerprint density at radius 1 is 0.629 bits per heavy atom. The van der Waals surface area contributed by atoms with Crippen molar-refractivity contribution >= 4 is 16.8 Å². The summed E-state index contributed by atoms with van der Waals surface area (Å²) in [5, 5.41) is 13.3. The molecule has 0 unspecified atom stereocenters. The second kappa shape index (κ2) is 15.9. The van der Waals surface area contributed by atoms with Gasteiger partial charge in [-0.05, 0) is 136 Å². The zero-order valence-electron chi connectivity index (χ0n) is 37.6. The van der Waals surface area contributed by atoms with Crippen LogP contribution < -0.4 is 23.7 Å². The highest BCUT2D eigenvalue weighted by Gasteiger charge is 2.55. The lowest BCUT2D eigenvalue weighted by atomic mass is 9.52. The quantitative estimate of drug-likeness (QED) is 0.133. The van der Waals surface area contributed by atoms with Gasteiger partial charge in [-0.25, -0.2) is 0 Å². The van der Waals surface area contributed by atoms with Gasteiger partial charge in [0.05, 0.1) is 34.0 Å². The van der Waals surface area contributed by atoms with Crippen LogP contribution in [0.1, 0.15) is 107 Å². The number of aliphatic hydroxyl groups is 1. The van der Waals surface area contributed by atoms with E-state index < -0.39 is 5.60 Å². The number of rotatable bonds is 12. The number of fused-ring (bicyclic) bond motifs is 10. The fourth-order valence-electron chi connectivity index (χ4n) is 11.7. The lowest BCUT2D eigenvalue weighted by Crippen LogP contribution is -2.44. The molecule has 9 rings (SSSR count). The van der Waals surface area contributed by atoms with E-state index in [1.165, 1.54) is 22.3 Å². The van der Waals surface area contributed by atoms with Crippen LogP contribution in [-0.2, 0) is 17.6 Å². The summed E-state index contributed by atoms with van der Waals surface area (Å²) >= 11 is 0. The fourth-order valence-corrected chi connectivity index (χ4v) is 11.7. The van der Waals surface area contributed by atoms with Gasteiger partial charge >= 0.3 is 0 Å². The Hall–Kier alpha value is -5.72. The molecule has 0 radical (unpaired) electrons. The third-order valence-electron chi connectivity index (χ3n) is 13.4. The number of aliphatic hydroxyl groups excluding tert-OH is 1. The highest BCUT2D eigenvalue weighted by molar-refractivity contribution is 6.10. The molecule has 6 heteroatoms. The van der Waals surface area contributed by atoms with Crippen molar-refractivity contribution in [2.75, 3.05) is 27.4 Å². The van der Waals surface area contributed by atoms with Crippen molar-refractivity contribution in [3.05, 3.63) is 143 Å². The van der Waals surface area contributed by atoms with Gasteiger partial charge < -0.3 is 28.8 Å². The van der Waals surface area contributed by atoms with Crippen molar-refractivity contribution in [3.8, 4) is 51.0 Å². The predicted octanol–water partition coefficient (Wildman–Crippen LogP) is 13.4. The molecule has 2 aliphatic carbocycles. The lowest BCUT2D eigenvalue weighted by molar-refractivity contribution is 0.0642. The minimum Gasteiger partial charge on any atom is -0.497 e. The zero-order valence-corrected chi connectivity index (χ0v) is 37.6. The van der Waals surface area contributed by atoms with Crippen LogP contribution in [-0.4, -0.2) is 32.5 Å². The van der Waals surface area contributed by atoms with Gasteiger partial charge in [0.1, 0.15) is 28.7 Å². The summed E-state index contributed by atoms with van der Waals surface area (Å²) in [4.78, 5) is 0. The number of ether oxygens (including phenoxy) is 5. The Kier molecular flexibility index (Phi) is 10.7. The molecule has 1 heterocycles. The Morgan fingerprint density at radius 2 is 1.24 bits per heavy atom. The first-order valence-electron chi connectivity index (χ1n) is 22.3. The smallest absolute Gasteiger partial charge is 0.178 e. The Balaban J connectivity index is 1.37. The first kappa shape index (κ1) is 41.6. The molecule has 320 valence electrons. The van der Waals surface area contributed by atoms with Gasteiger partial charge in [0.2, 0.25) is 0 Å². The van der Waals surface area contributed by atoms with Gasteiger partial charge in [0, 0.05) is 39.1 Å². The third kappa shape index (κ3) is 6.91. The second-order valence-corrected chi connectivity index (χ2v) is 19.2. The van der Waals surface area contributed by atoms with Crippen molar-refractivity contribution in [2.24, 2.45) is 10.8 Å². The molecule has 0 bridgehead atoms. The molecule has 1 N–H and O–H groups in total. The van der Waals surface area contributed by atoms with Gasteiger partial charge in [-0.1, -0.05) is 96.1 Å². The van der Waals surface area contributed by atoms with Gasteiger partial charge in [-0.15, -0.1) is 0 Å². The highest BCUT2D eigenvalue weighted by Crippen LogP contribution is 2.67. The third-order valence-corrected chi connectivity index (χ3v) is 13.4. The normalized spacial score (nSPS) is 17.2. The zero-order chi connectivity index (χ0) is 43.4. The molecule has 1 saturated carbocycles. The topological polar surface area (TPSA) is 66.4 Å². The molecule has 3 aliphatic rings. The van der Waals surface area contributed by atoms with Crippen LogP contribution in [0.15, 0.2) is 109 Å². The lowest BCUT2D eigenvalue weighted by Gasteiger charge is -2.52. The monoisotopic (exact) mass is 828 g/mol. The molecular weight excluding hydrogens is 769 g/mol. The molecule has 0 atom stereocenters. The summed E-state index contributed by atoms with van der Waals surface area (Å²) in [6.07, 6.45) is 9.66. The van der Waals surface area contributed by atoms with Crippen LogP contribution in [0.3, 0.4) is 0 Å². The van der Waals surface area contributed by atoms with Gasteiger partial charge in [0.15, 0.2) is 5.60 Å². The molecule has 0 aromatic heterocycles. The summed E-state index contributed by atoms with van der Waals surface area (Å²) in [5.41, 5.74) is 9.74.